The molecular weight excluding hydrogens is 346 g/mol. The minimum atomic E-state index is -3.35. The third-order valence-electron chi connectivity index (χ3n) is 5.51. The highest BCUT2D eigenvalue weighted by Crippen LogP contribution is 2.30. The number of nitrogens with zero attached hydrogens (tertiary/aromatic N) is 1. The molecule has 1 saturated heterocycles. The fourth-order valence-corrected chi connectivity index (χ4v) is 5.31. The van der Waals surface area contributed by atoms with Gasteiger partial charge in [0.05, 0.1) is 9.64 Å². The lowest BCUT2D eigenvalue weighted by Gasteiger charge is -2.33. The van der Waals surface area contributed by atoms with Crippen LogP contribution >= 0.6 is 0 Å². The monoisotopic (exact) mass is 379 g/mol. The molecule has 0 saturated carbocycles. The molecular formula is C21H33NO3S. The van der Waals surface area contributed by atoms with Crippen molar-refractivity contribution < 1.29 is 13.2 Å². The molecule has 2 rings (SSSR count). The Morgan fingerprint density at radius 3 is 2.50 bits per heavy atom. The van der Waals surface area contributed by atoms with E-state index in [-0.39, 0.29) is 11.8 Å². The molecule has 0 N–H and O–H groups in total. The van der Waals surface area contributed by atoms with Crippen molar-refractivity contribution in [1.82, 2.24) is 4.90 Å². The summed E-state index contributed by atoms with van der Waals surface area (Å²) in [6, 6.07) is 8.70. The molecule has 1 aromatic rings. The normalized spacial score (nSPS) is 19.7. The summed E-state index contributed by atoms with van der Waals surface area (Å²) in [4.78, 5) is 15.0. The summed E-state index contributed by atoms with van der Waals surface area (Å²) in [5.74, 6) is 0.599. The molecule has 1 atom stereocenters. The van der Waals surface area contributed by atoms with Crippen LogP contribution in [0.4, 0.5) is 0 Å². The molecule has 0 aromatic heterocycles. The number of ketones is 1. The smallest absolute Gasteiger partial charge is 0.183 e. The van der Waals surface area contributed by atoms with E-state index in [1.54, 1.807) is 24.3 Å². The average molecular weight is 380 g/mol. The number of sulfone groups is 1. The second-order valence-corrected chi connectivity index (χ2v) is 11.0. The molecule has 146 valence electrons. The van der Waals surface area contributed by atoms with Crippen LogP contribution in [0.1, 0.15) is 53.4 Å². The SMILES string of the molecule is CC(C)C(=O)C1CCCN(CCCC(C)(C)S(=O)(=O)c2ccccc2)C1. The molecule has 0 spiro atoms. The predicted octanol–water partition coefficient (Wildman–Crippen LogP) is 3.96. The average Bonchev–Trinajstić information content (AvgIpc) is 2.61. The topological polar surface area (TPSA) is 54.5 Å². The molecule has 1 heterocycles. The van der Waals surface area contributed by atoms with Crippen molar-refractivity contribution in [1.29, 1.82) is 0 Å². The second-order valence-electron chi connectivity index (χ2n) is 8.38. The van der Waals surface area contributed by atoms with Crippen molar-refractivity contribution in [2.24, 2.45) is 11.8 Å². The van der Waals surface area contributed by atoms with Crippen LogP contribution in [0, 0.1) is 11.8 Å². The lowest BCUT2D eigenvalue weighted by molar-refractivity contribution is -0.127. The van der Waals surface area contributed by atoms with Crippen LogP contribution in [0.5, 0.6) is 0 Å². The van der Waals surface area contributed by atoms with Gasteiger partial charge in [0.15, 0.2) is 9.84 Å². The van der Waals surface area contributed by atoms with Gasteiger partial charge >= 0.3 is 0 Å². The predicted molar refractivity (Wildman–Crippen MR) is 106 cm³/mol. The Balaban J connectivity index is 1.91. The van der Waals surface area contributed by atoms with Crippen molar-refractivity contribution in [3.8, 4) is 0 Å². The summed E-state index contributed by atoms with van der Waals surface area (Å²) in [7, 11) is -3.35. The number of hydrogen-bond acceptors (Lipinski definition) is 4. The Morgan fingerprint density at radius 2 is 1.88 bits per heavy atom. The molecule has 1 aromatic carbocycles. The lowest BCUT2D eigenvalue weighted by Crippen LogP contribution is -2.41. The van der Waals surface area contributed by atoms with Gasteiger partial charge < -0.3 is 4.90 Å². The highest BCUT2D eigenvalue weighted by molar-refractivity contribution is 7.92. The highest BCUT2D eigenvalue weighted by Gasteiger charge is 2.35. The van der Waals surface area contributed by atoms with E-state index in [1.165, 1.54) is 0 Å². The van der Waals surface area contributed by atoms with Gasteiger partial charge in [-0.3, -0.25) is 4.79 Å². The van der Waals surface area contributed by atoms with Gasteiger partial charge in [-0.1, -0.05) is 32.0 Å². The first-order chi connectivity index (χ1) is 12.1. The van der Waals surface area contributed by atoms with E-state index in [9.17, 15) is 13.2 Å². The van der Waals surface area contributed by atoms with Crippen molar-refractivity contribution >= 4 is 15.6 Å². The zero-order valence-corrected chi connectivity index (χ0v) is 17.4. The van der Waals surface area contributed by atoms with Crippen LogP contribution in [0.15, 0.2) is 35.2 Å². The van der Waals surface area contributed by atoms with Crippen LogP contribution in [-0.4, -0.2) is 43.5 Å². The standard InChI is InChI=1S/C21H33NO3S/c1-17(2)20(23)18-10-8-14-22(16-18)15-9-13-21(3,4)26(24,25)19-11-6-5-7-12-19/h5-7,11-12,17-18H,8-10,13-16H2,1-4H3. The van der Waals surface area contributed by atoms with E-state index in [1.807, 2.05) is 33.8 Å². The number of carbonyl (C=O) groups is 1. The van der Waals surface area contributed by atoms with Gasteiger partial charge in [0.25, 0.3) is 0 Å². The zero-order valence-electron chi connectivity index (χ0n) is 16.6. The van der Waals surface area contributed by atoms with Crippen molar-refractivity contribution in [3.63, 3.8) is 0 Å². The first-order valence-corrected chi connectivity index (χ1v) is 11.2. The molecule has 1 aliphatic heterocycles. The van der Waals surface area contributed by atoms with Crippen molar-refractivity contribution in [2.75, 3.05) is 19.6 Å². The van der Waals surface area contributed by atoms with E-state index in [0.717, 1.165) is 38.9 Å². The molecule has 1 aliphatic rings. The number of hydrogen-bond donors (Lipinski definition) is 0. The van der Waals surface area contributed by atoms with E-state index < -0.39 is 14.6 Å². The summed E-state index contributed by atoms with van der Waals surface area (Å²) in [5, 5.41) is 0. The molecule has 0 aliphatic carbocycles. The van der Waals surface area contributed by atoms with Crippen LogP contribution in [0.2, 0.25) is 0 Å². The summed E-state index contributed by atoms with van der Waals surface area (Å²) >= 11 is 0. The maximum Gasteiger partial charge on any atom is 0.183 e. The Kier molecular flexibility index (Phi) is 7.03. The number of benzene rings is 1. The minimum Gasteiger partial charge on any atom is -0.303 e. The van der Waals surface area contributed by atoms with Crippen LogP contribution < -0.4 is 0 Å². The van der Waals surface area contributed by atoms with Crippen molar-refractivity contribution in [3.05, 3.63) is 30.3 Å². The Hall–Kier alpha value is -1.20. The number of carbonyl (C=O) groups excluding carboxylic acids is 1. The summed E-state index contributed by atoms with van der Waals surface area (Å²) in [5.41, 5.74) is 0. The van der Waals surface area contributed by atoms with Gasteiger partial charge in [-0.2, -0.15) is 0 Å². The lowest BCUT2D eigenvalue weighted by atomic mass is 9.88. The van der Waals surface area contributed by atoms with E-state index in [4.69, 9.17) is 0 Å². The molecule has 0 radical (unpaired) electrons. The van der Waals surface area contributed by atoms with Gasteiger partial charge in [0.2, 0.25) is 0 Å². The molecule has 4 nitrogen and oxygen atoms in total. The fourth-order valence-electron chi connectivity index (χ4n) is 3.74. The zero-order chi connectivity index (χ0) is 19.4. The van der Waals surface area contributed by atoms with E-state index in [2.05, 4.69) is 4.90 Å². The van der Waals surface area contributed by atoms with Gasteiger partial charge in [0, 0.05) is 18.4 Å². The molecule has 5 heteroatoms. The number of piperidine rings is 1. The summed E-state index contributed by atoms with van der Waals surface area (Å²) in [6.07, 6.45) is 3.47. The number of likely N-dealkylation sites (tertiary alicyclic amines) is 1. The van der Waals surface area contributed by atoms with Gasteiger partial charge in [-0.05, 0) is 64.8 Å². The van der Waals surface area contributed by atoms with Gasteiger partial charge in [-0.15, -0.1) is 0 Å². The molecule has 0 amide bonds. The quantitative estimate of drug-likeness (QED) is 0.686. The van der Waals surface area contributed by atoms with Crippen LogP contribution in [0.25, 0.3) is 0 Å². The molecule has 0 bridgehead atoms. The van der Waals surface area contributed by atoms with Crippen LogP contribution in [-0.2, 0) is 14.6 Å². The van der Waals surface area contributed by atoms with E-state index in [0.29, 0.717) is 17.1 Å². The molecule has 1 fully saturated rings. The first-order valence-electron chi connectivity index (χ1n) is 9.71. The number of rotatable bonds is 8. The first kappa shape index (κ1) is 21.1. The summed E-state index contributed by atoms with van der Waals surface area (Å²) < 4.78 is 25.0. The Bertz CT molecular complexity index is 695. The van der Waals surface area contributed by atoms with E-state index >= 15 is 0 Å². The van der Waals surface area contributed by atoms with Crippen LogP contribution in [0.3, 0.4) is 0 Å². The molecule has 26 heavy (non-hydrogen) atoms. The Morgan fingerprint density at radius 1 is 1.23 bits per heavy atom. The molecule has 1 unspecified atom stereocenters. The van der Waals surface area contributed by atoms with Crippen molar-refractivity contribution in [2.45, 2.75) is 63.0 Å². The third-order valence-corrected chi connectivity index (χ3v) is 8.06. The maximum atomic E-state index is 12.9. The second kappa shape index (κ2) is 8.66. The number of Topliss-reactive ketones (excluding diaryl/α,β-unsaturated/α-hetero) is 1. The maximum absolute atomic E-state index is 12.9. The van der Waals surface area contributed by atoms with Gasteiger partial charge in [0.1, 0.15) is 5.78 Å². The third kappa shape index (κ3) is 4.95. The summed E-state index contributed by atoms with van der Waals surface area (Å²) in [6.45, 7) is 10.3. The largest absolute Gasteiger partial charge is 0.303 e. The fraction of sp³-hybridized carbons (Fsp3) is 0.667. The highest BCUT2D eigenvalue weighted by atomic mass is 32.2. The minimum absolute atomic E-state index is 0.0925. The van der Waals surface area contributed by atoms with Gasteiger partial charge in [-0.25, -0.2) is 8.42 Å². The Labute approximate surface area is 158 Å².